The van der Waals surface area contributed by atoms with Crippen molar-refractivity contribution in [1.29, 1.82) is 0 Å². The number of fused-ring (bicyclic) bond motifs is 5. The molecule has 0 saturated carbocycles. The van der Waals surface area contributed by atoms with Crippen LogP contribution in [0, 0.1) is 0 Å². The summed E-state index contributed by atoms with van der Waals surface area (Å²) in [5, 5.41) is 1.29. The highest BCUT2D eigenvalue weighted by Gasteiger charge is 2.25. The van der Waals surface area contributed by atoms with E-state index < -0.39 is 0 Å². The van der Waals surface area contributed by atoms with Crippen molar-refractivity contribution in [2.45, 2.75) is 6.54 Å². The molecule has 2 heterocycles. The zero-order valence-electron chi connectivity index (χ0n) is 12.6. The van der Waals surface area contributed by atoms with Crippen molar-refractivity contribution in [3.05, 3.63) is 48.0 Å². The molecule has 0 unspecified atom stereocenters. The van der Waals surface area contributed by atoms with Crippen LogP contribution in [0.1, 0.15) is 5.56 Å². The van der Waals surface area contributed by atoms with Crippen molar-refractivity contribution in [2.24, 2.45) is 7.05 Å². The quantitative estimate of drug-likeness (QED) is 0.673. The van der Waals surface area contributed by atoms with Gasteiger partial charge < -0.3 is 14.2 Å². The van der Waals surface area contributed by atoms with Gasteiger partial charge in [0.05, 0.1) is 12.8 Å². The van der Waals surface area contributed by atoms with Crippen LogP contribution in [0.15, 0.2) is 42.5 Å². The molecule has 0 radical (unpaired) electrons. The van der Waals surface area contributed by atoms with Crippen molar-refractivity contribution < 1.29 is 4.74 Å². The van der Waals surface area contributed by atoms with Gasteiger partial charge in [0.25, 0.3) is 0 Å². The lowest BCUT2D eigenvalue weighted by atomic mass is 9.98. The molecule has 0 aliphatic carbocycles. The molecule has 21 heavy (non-hydrogen) atoms. The number of para-hydroxylation sites is 1. The fourth-order valence-corrected chi connectivity index (χ4v) is 3.46. The Morgan fingerprint density at radius 1 is 1.05 bits per heavy atom. The second-order valence-electron chi connectivity index (χ2n) is 5.64. The Labute approximate surface area is 124 Å². The number of benzene rings is 2. The summed E-state index contributed by atoms with van der Waals surface area (Å²) in [6, 6.07) is 14.9. The van der Waals surface area contributed by atoms with Gasteiger partial charge in [-0.1, -0.05) is 18.2 Å². The van der Waals surface area contributed by atoms with Crippen molar-refractivity contribution in [1.82, 2.24) is 4.57 Å². The highest BCUT2D eigenvalue weighted by molar-refractivity contribution is 5.97. The van der Waals surface area contributed by atoms with Gasteiger partial charge in [0.1, 0.15) is 5.75 Å². The van der Waals surface area contributed by atoms with E-state index >= 15 is 0 Å². The molecule has 2 aromatic carbocycles. The number of anilines is 1. The lowest BCUT2D eigenvalue weighted by molar-refractivity contribution is 0.415. The van der Waals surface area contributed by atoms with Crippen molar-refractivity contribution in [3.8, 4) is 17.0 Å². The molecule has 0 N–H and O–H groups in total. The molecule has 0 amide bonds. The summed E-state index contributed by atoms with van der Waals surface area (Å²) in [5.41, 5.74) is 6.56. The summed E-state index contributed by atoms with van der Waals surface area (Å²) in [4.78, 5) is 2.32. The number of methoxy groups -OCH3 is 1. The van der Waals surface area contributed by atoms with Crippen LogP contribution in [0.2, 0.25) is 0 Å². The fraction of sp³-hybridized carbons (Fsp3) is 0.222. The average molecular weight is 278 g/mol. The van der Waals surface area contributed by atoms with Crippen LogP contribution in [0.5, 0.6) is 5.75 Å². The largest absolute Gasteiger partial charge is 0.497 e. The Morgan fingerprint density at radius 3 is 2.67 bits per heavy atom. The first-order chi connectivity index (χ1) is 10.2. The summed E-state index contributed by atoms with van der Waals surface area (Å²) < 4.78 is 7.70. The van der Waals surface area contributed by atoms with E-state index in [0.717, 1.165) is 12.3 Å². The Kier molecular flexibility index (Phi) is 2.52. The molecule has 0 spiro atoms. The van der Waals surface area contributed by atoms with Crippen molar-refractivity contribution in [2.75, 3.05) is 19.1 Å². The van der Waals surface area contributed by atoms with E-state index in [1.165, 1.54) is 33.4 Å². The summed E-state index contributed by atoms with van der Waals surface area (Å²) in [5.74, 6) is 0.914. The van der Waals surface area contributed by atoms with Gasteiger partial charge in [-0.15, -0.1) is 0 Å². The normalized spacial score (nSPS) is 13.2. The van der Waals surface area contributed by atoms with Crippen molar-refractivity contribution in [3.63, 3.8) is 0 Å². The molecular weight excluding hydrogens is 260 g/mol. The van der Waals surface area contributed by atoms with Gasteiger partial charge in [-0.25, -0.2) is 0 Å². The summed E-state index contributed by atoms with van der Waals surface area (Å²) in [6.45, 7) is 0.927. The lowest BCUT2D eigenvalue weighted by Gasteiger charge is -2.28. The number of nitrogens with zero attached hydrogens (tertiary/aromatic N) is 2. The number of hydrogen-bond acceptors (Lipinski definition) is 2. The number of ether oxygens (including phenoxy) is 1. The van der Waals surface area contributed by atoms with Gasteiger partial charge in [0, 0.05) is 48.4 Å². The van der Waals surface area contributed by atoms with Gasteiger partial charge >= 0.3 is 0 Å². The van der Waals surface area contributed by atoms with Crippen LogP contribution in [0.3, 0.4) is 0 Å². The maximum absolute atomic E-state index is 5.40. The molecule has 0 bridgehead atoms. The monoisotopic (exact) mass is 278 g/mol. The number of hydrogen-bond donors (Lipinski definition) is 0. The second-order valence-corrected chi connectivity index (χ2v) is 5.64. The lowest BCUT2D eigenvalue weighted by Crippen LogP contribution is -2.21. The molecule has 1 aromatic heterocycles. The van der Waals surface area contributed by atoms with Crippen LogP contribution >= 0.6 is 0 Å². The van der Waals surface area contributed by atoms with E-state index in [-0.39, 0.29) is 0 Å². The third kappa shape index (κ3) is 1.60. The van der Waals surface area contributed by atoms with Gasteiger partial charge in [0.2, 0.25) is 0 Å². The minimum Gasteiger partial charge on any atom is -0.497 e. The molecular formula is C18H18N2O. The van der Waals surface area contributed by atoms with Crippen molar-refractivity contribution >= 4 is 16.6 Å². The van der Waals surface area contributed by atoms with Crippen LogP contribution in [0.4, 0.5) is 5.69 Å². The van der Waals surface area contributed by atoms with E-state index in [1.54, 1.807) is 7.11 Å². The zero-order chi connectivity index (χ0) is 14.6. The predicted molar refractivity (Wildman–Crippen MR) is 87.0 cm³/mol. The molecule has 4 rings (SSSR count). The minimum atomic E-state index is 0.914. The first-order valence-electron chi connectivity index (χ1n) is 7.16. The molecule has 1 aliphatic rings. The third-order valence-corrected chi connectivity index (χ3v) is 4.48. The zero-order valence-corrected chi connectivity index (χ0v) is 12.6. The first-order valence-corrected chi connectivity index (χ1v) is 7.16. The van der Waals surface area contributed by atoms with E-state index in [0.29, 0.717) is 0 Å². The fourth-order valence-electron chi connectivity index (χ4n) is 3.46. The Hall–Kier alpha value is -2.42. The SMILES string of the molecule is COc1ccc2c(c1)c1c(n2C)-c2ccccc2N(C)C1. The van der Waals surface area contributed by atoms with Crippen LogP contribution in [-0.2, 0) is 13.6 Å². The maximum Gasteiger partial charge on any atom is 0.119 e. The first kappa shape index (κ1) is 12.3. The standard InChI is InChI=1S/C18H18N2O/c1-19-11-15-14-10-12(21-3)8-9-17(14)20(2)18(15)13-6-4-5-7-16(13)19/h4-10H,11H2,1-3H3. The average Bonchev–Trinajstić information content (AvgIpc) is 2.80. The molecule has 3 nitrogen and oxygen atoms in total. The van der Waals surface area contributed by atoms with E-state index in [1.807, 2.05) is 6.07 Å². The maximum atomic E-state index is 5.40. The smallest absolute Gasteiger partial charge is 0.119 e. The molecule has 1 aliphatic heterocycles. The highest BCUT2D eigenvalue weighted by atomic mass is 16.5. The second kappa shape index (κ2) is 4.29. The van der Waals surface area contributed by atoms with Crippen LogP contribution in [0.25, 0.3) is 22.2 Å². The topological polar surface area (TPSA) is 17.4 Å². The van der Waals surface area contributed by atoms with E-state index in [9.17, 15) is 0 Å². The van der Waals surface area contributed by atoms with E-state index in [4.69, 9.17) is 4.74 Å². The number of rotatable bonds is 1. The van der Waals surface area contributed by atoms with E-state index in [2.05, 4.69) is 60.0 Å². The van der Waals surface area contributed by atoms with Crippen LogP contribution in [-0.4, -0.2) is 18.7 Å². The third-order valence-electron chi connectivity index (χ3n) is 4.48. The van der Waals surface area contributed by atoms with Gasteiger partial charge in [0.15, 0.2) is 0 Å². The number of aryl methyl sites for hydroxylation is 1. The molecule has 106 valence electrons. The Bertz CT molecular complexity index is 848. The molecule has 0 atom stereocenters. The Balaban J connectivity index is 2.10. The minimum absolute atomic E-state index is 0.914. The molecule has 3 heteroatoms. The Morgan fingerprint density at radius 2 is 1.86 bits per heavy atom. The molecule has 3 aromatic rings. The van der Waals surface area contributed by atoms with Gasteiger partial charge in [-0.2, -0.15) is 0 Å². The summed E-state index contributed by atoms with van der Waals surface area (Å²) >= 11 is 0. The molecule has 0 fully saturated rings. The number of aromatic nitrogens is 1. The van der Waals surface area contributed by atoms with Gasteiger partial charge in [-0.3, -0.25) is 0 Å². The van der Waals surface area contributed by atoms with Crippen LogP contribution < -0.4 is 9.64 Å². The summed E-state index contributed by atoms with van der Waals surface area (Å²) in [6.07, 6.45) is 0. The predicted octanol–water partition coefficient (Wildman–Crippen LogP) is 3.80. The molecule has 0 saturated heterocycles. The highest BCUT2D eigenvalue weighted by Crippen LogP contribution is 2.43. The van der Waals surface area contributed by atoms with Gasteiger partial charge in [-0.05, 0) is 24.3 Å². The summed E-state index contributed by atoms with van der Waals surface area (Å²) in [7, 11) is 6.02.